The number of rotatable bonds is 2. The molecule has 1 aliphatic rings. The van der Waals surface area contributed by atoms with Crippen LogP contribution < -0.4 is 0 Å². The van der Waals surface area contributed by atoms with Crippen LogP contribution in [0.1, 0.15) is 25.0 Å². The topological polar surface area (TPSA) is 13.1 Å². The number of para-hydroxylation sites is 1. The van der Waals surface area contributed by atoms with E-state index in [4.69, 9.17) is 4.42 Å². The maximum atomic E-state index is 6.30. The summed E-state index contributed by atoms with van der Waals surface area (Å²) in [6.07, 6.45) is 0. The van der Waals surface area contributed by atoms with Crippen LogP contribution in [0.15, 0.2) is 138 Å². The minimum Gasteiger partial charge on any atom is -0.456 e. The van der Waals surface area contributed by atoms with Crippen molar-refractivity contribution in [2.45, 2.75) is 19.3 Å². The van der Waals surface area contributed by atoms with Gasteiger partial charge in [-0.25, -0.2) is 0 Å². The normalized spacial score (nSPS) is 13.9. The van der Waals surface area contributed by atoms with Crippen LogP contribution in [0.25, 0.3) is 87.6 Å². The first-order valence-corrected chi connectivity index (χ1v) is 15.4. The molecular weight excluding hydrogens is 532 g/mol. The van der Waals surface area contributed by atoms with E-state index in [1.807, 2.05) is 6.07 Å². The van der Waals surface area contributed by atoms with Gasteiger partial charge in [-0.1, -0.05) is 123 Å². The quantitative estimate of drug-likeness (QED) is 0.192. The highest BCUT2D eigenvalue weighted by atomic mass is 16.3. The number of benzene rings is 8. The molecule has 0 aliphatic heterocycles. The minimum atomic E-state index is -0.137. The number of hydrogen-bond donors (Lipinski definition) is 0. The first-order chi connectivity index (χ1) is 21.6. The lowest BCUT2D eigenvalue weighted by molar-refractivity contribution is 0.647. The van der Waals surface area contributed by atoms with Gasteiger partial charge in [-0.15, -0.1) is 0 Å². The largest absolute Gasteiger partial charge is 0.456 e. The Morgan fingerprint density at radius 1 is 0.409 bits per heavy atom. The van der Waals surface area contributed by atoms with Gasteiger partial charge in [-0.2, -0.15) is 0 Å². The van der Waals surface area contributed by atoms with E-state index in [9.17, 15) is 0 Å². The standard InChI is InChI=1S/C43H28O/c1-43(2)37-22-28(16-19-31(37)35-23-36-32-10-6-7-11-39(32)44-40(36)24-38(35)43)30-18-13-27-14-20-33-29(25-8-4-3-5-9-25)17-12-26-15-21-34(30)42(27)41(26)33/h3-24H,1-2H3. The lowest BCUT2D eigenvalue weighted by Gasteiger charge is -2.22. The lowest BCUT2D eigenvalue weighted by atomic mass is 9.81. The Morgan fingerprint density at radius 3 is 1.77 bits per heavy atom. The second-order valence-electron chi connectivity index (χ2n) is 12.9. The van der Waals surface area contributed by atoms with E-state index in [1.165, 1.54) is 87.6 Å². The molecule has 0 spiro atoms. The molecule has 206 valence electrons. The molecule has 1 heterocycles. The lowest BCUT2D eigenvalue weighted by Crippen LogP contribution is -2.15. The van der Waals surface area contributed by atoms with Crippen LogP contribution in [0.5, 0.6) is 0 Å². The van der Waals surface area contributed by atoms with Crippen LogP contribution >= 0.6 is 0 Å². The molecule has 0 amide bonds. The highest BCUT2D eigenvalue weighted by Gasteiger charge is 2.36. The number of fused-ring (bicyclic) bond motifs is 6. The second-order valence-corrected chi connectivity index (χ2v) is 12.9. The van der Waals surface area contributed by atoms with E-state index in [0.29, 0.717) is 0 Å². The van der Waals surface area contributed by atoms with Gasteiger partial charge in [0.15, 0.2) is 0 Å². The molecule has 10 rings (SSSR count). The zero-order valence-corrected chi connectivity index (χ0v) is 24.6. The van der Waals surface area contributed by atoms with Gasteiger partial charge in [-0.3, -0.25) is 0 Å². The second kappa shape index (κ2) is 8.36. The van der Waals surface area contributed by atoms with Crippen molar-refractivity contribution in [2.24, 2.45) is 0 Å². The molecule has 0 fully saturated rings. The smallest absolute Gasteiger partial charge is 0.135 e. The summed E-state index contributed by atoms with van der Waals surface area (Å²) in [6, 6.07) is 49.3. The van der Waals surface area contributed by atoms with E-state index in [1.54, 1.807) is 0 Å². The summed E-state index contributed by atoms with van der Waals surface area (Å²) >= 11 is 0. The molecule has 44 heavy (non-hydrogen) atoms. The van der Waals surface area contributed by atoms with Crippen LogP contribution in [0.3, 0.4) is 0 Å². The van der Waals surface area contributed by atoms with Gasteiger partial charge in [-0.05, 0) is 101 Å². The van der Waals surface area contributed by atoms with E-state index in [2.05, 4.69) is 141 Å². The Labute approximate surface area is 255 Å². The number of furan rings is 1. The summed E-state index contributed by atoms with van der Waals surface area (Å²) < 4.78 is 6.30. The molecule has 1 aromatic heterocycles. The van der Waals surface area contributed by atoms with Crippen LogP contribution in [0.2, 0.25) is 0 Å². The van der Waals surface area contributed by atoms with Crippen LogP contribution in [-0.4, -0.2) is 0 Å². The summed E-state index contributed by atoms with van der Waals surface area (Å²) in [4.78, 5) is 0. The average molecular weight is 561 g/mol. The van der Waals surface area contributed by atoms with Gasteiger partial charge >= 0.3 is 0 Å². The highest BCUT2D eigenvalue weighted by molar-refractivity contribution is 6.27. The van der Waals surface area contributed by atoms with E-state index in [-0.39, 0.29) is 5.41 Å². The fraction of sp³-hybridized carbons (Fsp3) is 0.0698. The summed E-state index contributed by atoms with van der Waals surface area (Å²) in [5, 5.41) is 10.3. The third-order valence-electron chi connectivity index (χ3n) is 10.2. The average Bonchev–Trinajstić information content (AvgIpc) is 3.54. The summed E-state index contributed by atoms with van der Waals surface area (Å²) in [5.74, 6) is 0. The predicted octanol–water partition coefficient (Wildman–Crippen LogP) is 12.1. The van der Waals surface area contributed by atoms with Gasteiger partial charge in [0.25, 0.3) is 0 Å². The van der Waals surface area contributed by atoms with Crippen molar-refractivity contribution in [2.75, 3.05) is 0 Å². The van der Waals surface area contributed by atoms with Gasteiger partial charge in [0.1, 0.15) is 11.2 Å². The monoisotopic (exact) mass is 560 g/mol. The van der Waals surface area contributed by atoms with Crippen molar-refractivity contribution in [1.82, 2.24) is 0 Å². The molecule has 1 aliphatic carbocycles. The maximum Gasteiger partial charge on any atom is 0.135 e. The van der Waals surface area contributed by atoms with Crippen LogP contribution in [-0.2, 0) is 5.41 Å². The Morgan fingerprint density at radius 2 is 1.02 bits per heavy atom. The zero-order valence-electron chi connectivity index (χ0n) is 24.6. The van der Waals surface area contributed by atoms with Crippen molar-refractivity contribution >= 4 is 54.3 Å². The highest BCUT2D eigenvalue weighted by Crippen LogP contribution is 2.52. The van der Waals surface area contributed by atoms with E-state index < -0.39 is 0 Å². The summed E-state index contributed by atoms with van der Waals surface area (Å²) in [7, 11) is 0. The third-order valence-corrected chi connectivity index (χ3v) is 10.2. The van der Waals surface area contributed by atoms with Gasteiger partial charge in [0.2, 0.25) is 0 Å². The van der Waals surface area contributed by atoms with Crippen molar-refractivity contribution < 1.29 is 4.42 Å². The Hall–Kier alpha value is -5.40. The Balaban J connectivity index is 1.19. The molecule has 0 N–H and O–H groups in total. The fourth-order valence-corrected chi connectivity index (χ4v) is 8.04. The zero-order chi connectivity index (χ0) is 29.2. The minimum absolute atomic E-state index is 0.137. The fourth-order valence-electron chi connectivity index (χ4n) is 8.04. The summed E-state index contributed by atoms with van der Waals surface area (Å²) in [6.45, 7) is 4.70. The van der Waals surface area contributed by atoms with Crippen LogP contribution in [0.4, 0.5) is 0 Å². The molecule has 0 saturated heterocycles. The Bertz CT molecular complexity index is 2620. The van der Waals surface area contributed by atoms with Gasteiger partial charge in [0.05, 0.1) is 0 Å². The first-order valence-electron chi connectivity index (χ1n) is 15.4. The third kappa shape index (κ3) is 3.09. The Kier molecular flexibility index (Phi) is 4.58. The molecule has 8 aromatic carbocycles. The molecule has 0 atom stereocenters. The molecule has 1 heteroatoms. The van der Waals surface area contributed by atoms with Crippen LogP contribution in [0, 0.1) is 0 Å². The van der Waals surface area contributed by atoms with E-state index in [0.717, 1.165) is 11.2 Å². The predicted molar refractivity (Wildman–Crippen MR) is 186 cm³/mol. The summed E-state index contributed by atoms with van der Waals surface area (Å²) in [5.41, 5.74) is 12.2. The van der Waals surface area contributed by atoms with Gasteiger partial charge in [0, 0.05) is 16.2 Å². The molecule has 9 aromatic rings. The van der Waals surface area contributed by atoms with Crippen molar-refractivity contribution in [3.05, 3.63) is 145 Å². The van der Waals surface area contributed by atoms with Crippen molar-refractivity contribution in [3.63, 3.8) is 0 Å². The molecule has 0 unspecified atom stereocenters. The molecule has 1 nitrogen and oxygen atoms in total. The van der Waals surface area contributed by atoms with Gasteiger partial charge < -0.3 is 4.42 Å². The maximum absolute atomic E-state index is 6.30. The van der Waals surface area contributed by atoms with Crippen molar-refractivity contribution in [3.8, 4) is 33.4 Å². The van der Waals surface area contributed by atoms with Crippen molar-refractivity contribution in [1.29, 1.82) is 0 Å². The molecular formula is C43H28O. The number of hydrogen-bond acceptors (Lipinski definition) is 1. The first kappa shape index (κ1) is 24.1. The molecule has 0 saturated carbocycles. The molecule has 0 bridgehead atoms. The van der Waals surface area contributed by atoms with E-state index >= 15 is 0 Å². The molecule has 0 radical (unpaired) electrons. The SMILES string of the molecule is CC1(C)c2cc(-c3ccc4ccc5c(-c6ccccc6)ccc6ccc3c4c65)ccc2-c2cc3c(cc21)oc1ccccc13.